The van der Waals surface area contributed by atoms with Crippen molar-refractivity contribution in [3.8, 4) is 23.0 Å². The van der Waals surface area contributed by atoms with Gasteiger partial charge < -0.3 is 24.1 Å². The Morgan fingerprint density at radius 3 is 1.17 bits per heavy atom. The number of rotatable bonds is 20. The van der Waals surface area contributed by atoms with E-state index in [1.165, 1.54) is 30.3 Å². The first-order chi connectivity index (χ1) is 39.1. The van der Waals surface area contributed by atoms with Crippen LogP contribution in [0.2, 0.25) is 0 Å². The van der Waals surface area contributed by atoms with Crippen molar-refractivity contribution in [3.63, 3.8) is 0 Å². The highest BCUT2D eigenvalue weighted by Crippen LogP contribution is 2.54. The van der Waals surface area contributed by atoms with E-state index in [1.54, 1.807) is 0 Å². The lowest BCUT2D eigenvalue weighted by Gasteiger charge is -2.37. The van der Waals surface area contributed by atoms with E-state index in [1.807, 2.05) is 0 Å². The van der Waals surface area contributed by atoms with Crippen LogP contribution >= 0.6 is 0 Å². The Kier molecular flexibility index (Phi) is 19.0. The van der Waals surface area contributed by atoms with Gasteiger partial charge >= 0.3 is 73.4 Å². The van der Waals surface area contributed by atoms with Gasteiger partial charge in [-0.2, -0.15) is 113 Å². The van der Waals surface area contributed by atoms with Crippen molar-refractivity contribution < 1.29 is 147 Å². The Bertz CT molecular complexity index is 3520. The van der Waals surface area contributed by atoms with Crippen molar-refractivity contribution in [2.24, 2.45) is 0 Å². The molecular weight excluding hydrogens is 1310 g/mol. The lowest BCUT2D eigenvalue weighted by molar-refractivity contribution is -0.373. The van der Waals surface area contributed by atoms with Gasteiger partial charge in [0.1, 0.15) is 34.8 Å². The van der Waals surface area contributed by atoms with Gasteiger partial charge in [-0.15, -0.1) is 0 Å². The maximum absolute atomic E-state index is 15.5. The number of para-hydroxylation sites is 1. The molecule has 0 fully saturated rings. The third-order valence-corrected chi connectivity index (χ3v) is 17.8. The summed E-state index contributed by atoms with van der Waals surface area (Å²) in [4.78, 5) is -1.88. The van der Waals surface area contributed by atoms with E-state index in [0.29, 0.717) is 72.8 Å². The highest BCUT2D eigenvalue weighted by atomic mass is 32.2. The van der Waals surface area contributed by atoms with Crippen LogP contribution in [0, 0.1) is 0 Å². The molecule has 0 aliphatic carbocycles. The van der Waals surface area contributed by atoms with Crippen molar-refractivity contribution in [1.29, 1.82) is 0 Å². The van der Waals surface area contributed by atoms with Crippen molar-refractivity contribution in [2.45, 2.75) is 100 Å². The van der Waals surface area contributed by atoms with Crippen LogP contribution in [0.15, 0.2) is 181 Å². The minimum Gasteiger partial charge on any atom is -0.485 e. The summed E-state index contributed by atoms with van der Waals surface area (Å²) < 4.78 is 396. The molecule has 0 heterocycles. The molecule has 6 aromatic carbocycles. The largest absolute Gasteiger partial charge is 0.485 e. The SMILES string of the molecule is O=S(=O)(O)C(F)(F)C(Oc1ccc([S+](c2ccccc2)c2ccc(C(Oc3cccc([S+](c4ccc(OC(C(F)(F)F)C(F)(F)S(=O)(=O)O)cc4)c4ccccc4OCC(O)(C(F)(F)F)C(F)(F)F)c3)(C(F)(F)F)C(F)(F)F)cc2)cc1)C(F)(F)F. The molecule has 0 saturated heterocycles. The lowest BCUT2D eigenvalue weighted by atomic mass is 9.91. The number of alkyl halides is 22. The Balaban J connectivity index is 1.48. The molecular formula is C49H32F22O11S4+2. The second kappa shape index (κ2) is 23.9. The average Bonchev–Trinajstić information content (AvgIpc) is 1.14. The first-order valence-corrected chi connectivity index (χ1v) is 27.9. The van der Waals surface area contributed by atoms with Crippen molar-refractivity contribution in [3.05, 3.63) is 157 Å². The van der Waals surface area contributed by atoms with Gasteiger partial charge in [-0.1, -0.05) is 36.4 Å². The van der Waals surface area contributed by atoms with Crippen LogP contribution in [0.5, 0.6) is 23.0 Å². The fourth-order valence-electron chi connectivity index (χ4n) is 7.43. The summed E-state index contributed by atoms with van der Waals surface area (Å²) >= 11 is 0. The zero-order valence-corrected chi connectivity index (χ0v) is 44.6. The van der Waals surface area contributed by atoms with Crippen molar-refractivity contribution >= 4 is 42.0 Å². The van der Waals surface area contributed by atoms with E-state index in [4.69, 9.17) is 18.6 Å². The Labute approximate surface area is 474 Å². The molecule has 11 nitrogen and oxygen atoms in total. The summed E-state index contributed by atoms with van der Waals surface area (Å²) in [6.45, 7) is -2.70. The maximum Gasteiger partial charge on any atom is 0.442 e. The highest BCUT2D eigenvalue weighted by molar-refractivity contribution is 7.97. The normalized spacial score (nSPS) is 15.3. The lowest BCUT2D eigenvalue weighted by Crippen LogP contribution is -2.60. The first-order valence-electron chi connectivity index (χ1n) is 22.6. The molecule has 0 radical (unpaired) electrons. The third-order valence-electron chi connectivity index (χ3n) is 11.5. The molecule has 0 bridgehead atoms. The van der Waals surface area contributed by atoms with E-state index in [2.05, 4.69) is 9.47 Å². The number of halogens is 22. The smallest absolute Gasteiger partial charge is 0.442 e. The van der Waals surface area contributed by atoms with Crippen LogP contribution < -0.4 is 18.9 Å². The number of ether oxygens (including phenoxy) is 4. The monoisotopic (exact) mass is 1340 g/mol. The Morgan fingerprint density at radius 2 is 0.779 bits per heavy atom. The quantitative estimate of drug-likeness (QED) is 0.0378. The third kappa shape index (κ3) is 14.1. The average molecular weight is 1340 g/mol. The standard InChI is InChI=1S/C49H30F22O11S4/c50-42(51,52)38(44(56,57)85(73,74)75)80-28-15-21-33(22-16-28)83(31-8-2-1-3-9-31)32-19-13-27(14-20-32)41(48(66,67)68,49(69,70)71)82-30-7-6-10-35(25-30)84(37-12-5-4-11-36(37)79-26-40(72,46(60,61)62)47(63,64)65)34-23-17-29(18-24-34)81-39(43(53,54)55)45(58,59)86(76,77)78/h1-25,38-39,72H,26H2/p+2. The topological polar surface area (TPSA) is 166 Å². The molecule has 6 rings (SSSR count). The molecule has 0 saturated carbocycles. The minimum atomic E-state index is -6.90. The molecule has 37 heteroatoms. The van der Waals surface area contributed by atoms with Gasteiger partial charge in [0, 0.05) is 11.6 Å². The molecule has 0 amide bonds. The van der Waals surface area contributed by atoms with Gasteiger partial charge in [-0.25, -0.2) is 0 Å². The number of benzene rings is 6. The first kappa shape index (κ1) is 68.6. The Hall–Kier alpha value is -6.54. The molecule has 470 valence electrons. The highest BCUT2D eigenvalue weighted by Gasteiger charge is 2.75. The fraction of sp³-hybridized carbons (Fsp3) is 0.265. The van der Waals surface area contributed by atoms with Crippen LogP contribution in [0.4, 0.5) is 96.6 Å². The summed E-state index contributed by atoms with van der Waals surface area (Å²) in [6, 6.07) is 19.5. The van der Waals surface area contributed by atoms with Gasteiger partial charge in [0.15, 0.2) is 30.2 Å². The molecule has 4 atom stereocenters. The summed E-state index contributed by atoms with van der Waals surface area (Å²) in [7, 11) is -17.8. The van der Waals surface area contributed by atoms with E-state index in [9.17, 15) is 92.2 Å². The number of hydrogen-bond donors (Lipinski definition) is 3. The van der Waals surface area contributed by atoms with E-state index in [-0.39, 0.29) is 26.8 Å². The second-order valence-electron chi connectivity index (χ2n) is 17.4. The molecule has 4 unspecified atom stereocenters. The molecule has 0 aliphatic rings. The summed E-state index contributed by atoms with van der Waals surface area (Å²) in [5.41, 5.74) is -12.8. The van der Waals surface area contributed by atoms with Crippen molar-refractivity contribution in [2.75, 3.05) is 6.61 Å². The summed E-state index contributed by atoms with van der Waals surface area (Å²) in [6.07, 6.45) is -47.8. The van der Waals surface area contributed by atoms with Gasteiger partial charge in [-0.05, 0) is 109 Å². The van der Waals surface area contributed by atoms with Crippen LogP contribution in [0.1, 0.15) is 5.56 Å². The second-order valence-corrected chi connectivity index (χ2v) is 24.4. The van der Waals surface area contributed by atoms with Crippen LogP contribution in [0.25, 0.3) is 0 Å². The number of hydrogen-bond acceptors (Lipinski definition) is 9. The van der Waals surface area contributed by atoms with Gasteiger partial charge in [0.05, 0.1) is 10.9 Å². The van der Waals surface area contributed by atoms with Gasteiger partial charge in [0.25, 0.3) is 17.8 Å². The predicted octanol–water partition coefficient (Wildman–Crippen LogP) is 14.1. The fourth-order valence-corrected chi connectivity index (χ4v) is 12.6. The molecule has 0 aromatic heterocycles. The minimum absolute atomic E-state index is 0.0579. The van der Waals surface area contributed by atoms with Crippen LogP contribution in [0.3, 0.4) is 0 Å². The zero-order valence-electron chi connectivity index (χ0n) is 41.4. The summed E-state index contributed by atoms with van der Waals surface area (Å²) in [5.74, 6) is -4.88. The maximum atomic E-state index is 15.5. The van der Waals surface area contributed by atoms with Gasteiger partial charge in [0.2, 0.25) is 4.90 Å². The van der Waals surface area contributed by atoms with Crippen LogP contribution in [-0.2, 0) is 47.6 Å². The van der Waals surface area contributed by atoms with E-state index in [0.717, 1.165) is 36.4 Å². The molecule has 6 aromatic rings. The predicted molar refractivity (Wildman–Crippen MR) is 254 cm³/mol. The Morgan fingerprint density at radius 1 is 0.407 bits per heavy atom. The molecule has 0 aliphatic heterocycles. The number of aliphatic hydroxyl groups is 1. The molecule has 3 N–H and O–H groups in total. The zero-order chi connectivity index (χ0) is 64.9. The van der Waals surface area contributed by atoms with E-state index < -0.39 is 163 Å². The molecule has 86 heavy (non-hydrogen) atoms. The van der Waals surface area contributed by atoms with Gasteiger partial charge in [-0.3, -0.25) is 9.11 Å². The van der Waals surface area contributed by atoms with E-state index >= 15 is 26.3 Å². The van der Waals surface area contributed by atoms with Crippen molar-refractivity contribution in [1.82, 2.24) is 0 Å². The van der Waals surface area contributed by atoms with Crippen LogP contribution in [-0.4, -0.2) is 103 Å². The summed E-state index contributed by atoms with van der Waals surface area (Å²) in [5, 5.41) is -2.25. The molecule has 0 spiro atoms.